The van der Waals surface area contributed by atoms with Crippen molar-refractivity contribution in [3.63, 3.8) is 0 Å². The summed E-state index contributed by atoms with van der Waals surface area (Å²) < 4.78 is 21.5. The Labute approximate surface area is 191 Å². The molecule has 2 aromatic heterocycles. The Balaban J connectivity index is 1.56. The molecule has 0 unspecified atom stereocenters. The minimum absolute atomic E-state index is 0.132. The van der Waals surface area contributed by atoms with Crippen LogP contribution in [0.15, 0.2) is 75.9 Å². The monoisotopic (exact) mass is 445 g/mol. The summed E-state index contributed by atoms with van der Waals surface area (Å²) >= 11 is 0. The third-order valence-corrected chi connectivity index (χ3v) is 4.98. The first-order valence-electron chi connectivity index (χ1n) is 10.2. The summed E-state index contributed by atoms with van der Waals surface area (Å²) in [5.74, 6) is 2.24. The van der Waals surface area contributed by atoms with Gasteiger partial charge in [-0.3, -0.25) is 4.79 Å². The van der Waals surface area contributed by atoms with E-state index in [1.165, 1.54) is 4.90 Å². The van der Waals surface area contributed by atoms with E-state index < -0.39 is 0 Å². The number of ether oxygens (including phenoxy) is 2. The number of carbonyl (C=O) groups excluding carboxylic acids is 1. The van der Waals surface area contributed by atoms with Crippen molar-refractivity contribution in [2.45, 2.75) is 6.54 Å². The second kappa shape index (κ2) is 9.86. The van der Waals surface area contributed by atoms with Crippen molar-refractivity contribution >= 4 is 17.6 Å². The first-order chi connectivity index (χ1) is 16.1. The van der Waals surface area contributed by atoms with Gasteiger partial charge in [-0.05, 0) is 35.9 Å². The summed E-state index contributed by atoms with van der Waals surface area (Å²) in [4.78, 5) is 19.3. The zero-order valence-electron chi connectivity index (χ0n) is 18.5. The van der Waals surface area contributed by atoms with E-state index in [4.69, 9.17) is 18.4 Å². The van der Waals surface area contributed by atoms with Crippen LogP contribution in [0, 0.1) is 0 Å². The number of methoxy groups -OCH3 is 2. The molecule has 0 aliphatic carbocycles. The van der Waals surface area contributed by atoms with E-state index in [9.17, 15) is 4.79 Å². The number of aromatic nitrogens is 2. The van der Waals surface area contributed by atoms with Gasteiger partial charge in [0.05, 0.1) is 38.2 Å². The molecule has 8 nitrogen and oxygen atoms in total. The Kier molecular flexibility index (Phi) is 6.54. The normalized spacial score (nSPS) is 11.3. The maximum absolute atomic E-state index is 13.3. The number of amides is 1. The van der Waals surface area contributed by atoms with E-state index in [1.807, 2.05) is 30.3 Å². The summed E-state index contributed by atoms with van der Waals surface area (Å²) in [7, 11) is 4.82. The van der Waals surface area contributed by atoms with Crippen LogP contribution < -0.4 is 9.47 Å². The fourth-order valence-corrected chi connectivity index (χ4v) is 3.29. The molecule has 0 N–H and O–H groups in total. The average Bonchev–Trinajstić information content (AvgIpc) is 3.54. The van der Waals surface area contributed by atoms with Crippen LogP contribution in [0.1, 0.15) is 17.2 Å². The van der Waals surface area contributed by atoms with Crippen LogP contribution in [0.5, 0.6) is 11.5 Å². The topological polar surface area (TPSA) is 90.8 Å². The fourth-order valence-electron chi connectivity index (χ4n) is 3.29. The lowest BCUT2D eigenvalue weighted by Crippen LogP contribution is -2.27. The first-order valence-corrected chi connectivity index (χ1v) is 10.2. The maximum Gasteiger partial charge on any atom is 0.254 e. The molecule has 4 rings (SSSR count). The number of rotatable bonds is 8. The maximum atomic E-state index is 13.3. The summed E-state index contributed by atoms with van der Waals surface area (Å²) in [5, 5.41) is 4.05. The predicted molar refractivity (Wildman–Crippen MR) is 122 cm³/mol. The molecule has 0 fully saturated rings. The highest BCUT2D eigenvalue weighted by atomic mass is 16.5. The highest BCUT2D eigenvalue weighted by Crippen LogP contribution is 2.31. The van der Waals surface area contributed by atoms with Crippen molar-refractivity contribution in [3.8, 4) is 22.9 Å². The van der Waals surface area contributed by atoms with E-state index in [0.717, 1.165) is 5.56 Å². The molecule has 0 saturated carbocycles. The van der Waals surface area contributed by atoms with Gasteiger partial charge in [0.1, 0.15) is 17.3 Å². The van der Waals surface area contributed by atoms with Gasteiger partial charge in [-0.15, -0.1) is 0 Å². The Bertz CT molecular complexity index is 1250. The van der Waals surface area contributed by atoms with Crippen LogP contribution in [0.2, 0.25) is 0 Å². The minimum atomic E-state index is -0.209. The number of hydrogen-bond acceptors (Lipinski definition) is 7. The SMILES string of the molecule is COc1ccc(-c2noc(CN(C)C(=O)/C(=C/c3ccco3)c3ccccc3)n2)c(OC)c1. The lowest BCUT2D eigenvalue weighted by molar-refractivity contribution is -0.124. The minimum Gasteiger partial charge on any atom is -0.497 e. The van der Waals surface area contributed by atoms with Crippen molar-refractivity contribution in [2.24, 2.45) is 0 Å². The van der Waals surface area contributed by atoms with E-state index in [0.29, 0.717) is 40.1 Å². The quantitative estimate of drug-likeness (QED) is 0.368. The van der Waals surface area contributed by atoms with Crippen LogP contribution in [-0.4, -0.2) is 42.2 Å². The van der Waals surface area contributed by atoms with E-state index in [-0.39, 0.29) is 12.5 Å². The number of hydrogen-bond donors (Lipinski definition) is 0. The molecular weight excluding hydrogens is 422 g/mol. The van der Waals surface area contributed by atoms with Crippen LogP contribution in [0.3, 0.4) is 0 Å². The third kappa shape index (κ3) is 4.95. The number of likely N-dealkylation sites (N-methyl/N-ethyl adjacent to an activating group) is 1. The van der Waals surface area contributed by atoms with Crippen molar-refractivity contribution in [3.05, 3.63) is 84.1 Å². The zero-order chi connectivity index (χ0) is 23.2. The molecule has 0 radical (unpaired) electrons. The molecule has 4 aromatic rings. The lowest BCUT2D eigenvalue weighted by Gasteiger charge is -2.17. The number of furan rings is 1. The molecule has 0 aliphatic rings. The van der Waals surface area contributed by atoms with Crippen molar-refractivity contribution in [1.82, 2.24) is 15.0 Å². The standard InChI is InChI=1S/C25H23N3O5/c1-28(25(29)21(14-19-10-7-13-32-19)17-8-5-4-6-9-17)16-23-26-24(27-33-23)20-12-11-18(30-2)15-22(20)31-3/h4-15H,16H2,1-3H3/b21-14+. The Morgan fingerprint density at radius 3 is 2.58 bits per heavy atom. The molecule has 168 valence electrons. The van der Waals surface area contributed by atoms with Gasteiger partial charge < -0.3 is 23.3 Å². The summed E-state index contributed by atoms with van der Waals surface area (Å²) in [6.45, 7) is 0.132. The van der Waals surface area contributed by atoms with Crippen LogP contribution in [0.25, 0.3) is 23.0 Å². The molecule has 0 spiro atoms. The molecule has 2 aromatic carbocycles. The van der Waals surface area contributed by atoms with Crippen LogP contribution >= 0.6 is 0 Å². The molecule has 0 bridgehead atoms. The van der Waals surface area contributed by atoms with E-state index in [1.54, 1.807) is 63.9 Å². The van der Waals surface area contributed by atoms with Gasteiger partial charge in [-0.2, -0.15) is 4.98 Å². The highest BCUT2D eigenvalue weighted by molar-refractivity contribution is 6.23. The van der Waals surface area contributed by atoms with Gasteiger partial charge in [-0.25, -0.2) is 0 Å². The molecular formula is C25H23N3O5. The number of nitrogens with zero attached hydrogens (tertiary/aromatic N) is 3. The Hall–Kier alpha value is -4.33. The van der Waals surface area contributed by atoms with Crippen molar-refractivity contribution in [1.29, 1.82) is 0 Å². The van der Waals surface area contributed by atoms with E-state index in [2.05, 4.69) is 10.1 Å². The molecule has 0 aliphatic heterocycles. The number of carbonyl (C=O) groups is 1. The predicted octanol–water partition coefficient (Wildman–Crippen LogP) is 4.55. The number of benzene rings is 2. The average molecular weight is 445 g/mol. The van der Waals surface area contributed by atoms with Gasteiger partial charge in [-0.1, -0.05) is 35.5 Å². The molecule has 8 heteroatoms. The van der Waals surface area contributed by atoms with Crippen LogP contribution in [0.4, 0.5) is 0 Å². The van der Waals surface area contributed by atoms with Gasteiger partial charge in [0, 0.05) is 13.1 Å². The van der Waals surface area contributed by atoms with Gasteiger partial charge in [0.25, 0.3) is 5.91 Å². The third-order valence-electron chi connectivity index (χ3n) is 4.98. The van der Waals surface area contributed by atoms with Gasteiger partial charge in [0.2, 0.25) is 11.7 Å². The fraction of sp³-hybridized carbons (Fsp3) is 0.160. The summed E-state index contributed by atoms with van der Waals surface area (Å²) in [6, 6.07) is 18.3. The lowest BCUT2D eigenvalue weighted by atomic mass is 10.0. The second-order valence-corrected chi connectivity index (χ2v) is 7.18. The van der Waals surface area contributed by atoms with Gasteiger partial charge in [0.15, 0.2) is 0 Å². The zero-order valence-corrected chi connectivity index (χ0v) is 18.5. The van der Waals surface area contributed by atoms with Crippen LogP contribution in [-0.2, 0) is 11.3 Å². The second-order valence-electron chi connectivity index (χ2n) is 7.18. The molecule has 0 atom stereocenters. The van der Waals surface area contributed by atoms with Crippen molar-refractivity contribution in [2.75, 3.05) is 21.3 Å². The Morgan fingerprint density at radius 1 is 1.06 bits per heavy atom. The van der Waals surface area contributed by atoms with E-state index >= 15 is 0 Å². The smallest absolute Gasteiger partial charge is 0.254 e. The van der Waals surface area contributed by atoms with Crippen molar-refractivity contribution < 1.29 is 23.2 Å². The first kappa shape index (κ1) is 21.9. The molecule has 33 heavy (non-hydrogen) atoms. The summed E-state index contributed by atoms with van der Waals surface area (Å²) in [6.07, 6.45) is 3.28. The molecule has 1 amide bonds. The van der Waals surface area contributed by atoms with Gasteiger partial charge >= 0.3 is 0 Å². The highest BCUT2D eigenvalue weighted by Gasteiger charge is 2.21. The largest absolute Gasteiger partial charge is 0.497 e. The molecule has 0 saturated heterocycles. The molecule has 2 heterocycles. The Morgan fingerprint density at radius 2 is 1.88 bits per heavy atom. The summed E-state index contributed by atoms with van der Waals surface area (Å²) in [5.41, 5.74) is 1.93.